The highest BCUT2D eigenvalue weighted by molar-refractivity contribution is 5.59. The monoisotopic (exact) mass is 287 g/mol. The third kappa shape index (κ3) is 1.57. The van der Waals surface area contributed by atoms with E-state index < -0.39 is 6.10 Å². The third-order valence-electron chi connectivity index (χ3n) is 5.65. The summed E-state index contributed by atoms with van der Waals surface area (Å²) in [4.78, 5) is 2.40. The molecule has 4 nitrogen and oxygen atoms in total. The second-order valence-electron chi connectivity index (χ2n) is 6.66. The van der Waals surface area contributed by atoms with Crippen molar-refractivity contribution in [3.05, 3.63) is 35.9 Å². The van der Waals surface area contributed by atoms with E-state index in [-0.39, 0.29) is 17.3 Å². The van der Waals surface area contributed by atoms with Gasteiger partial charge in [0.1, 0.15) is 12.2 Å². The fraction of sp³-hybridized carbons (Fsp3) is 0.529. The molecule has 1 aromatic carbocycles. The van der Waals surface area contributed by atoms with Crippen LogP contribution >= 0.6 is 0 Å². The predicted octanol–water partition coefficient (Wildman–Crippen LogP) is 1.59. The van der Waals surface area contributed by atoms with E-state index in [2.05, 4.69) is 18.5 Å². The standard InChI is InChI=1S/C17H21NO3/c1-3-12(19)16-17-6-7-18(2)11(9-17)8-10-4-5-13(20)15(21-16)14(10)17/h3-5,11-12,16,19-20H,1,6-9H2,2H3/t11-,12+,16+,17+/m1/s1. The van der Waals surface area contributed by atoms with Crippen LogP contribution in [0.5, 0.6) is 11.5 Å². The van der Waals surface area contributed by atoms with Gasteiger partial charge >= 0.3 is 0 Å². The van der Waals surface area contributed by atoms with Crippen LogP contribution in [0.4, 0.5) is 0 Å². The molecule has 2 bridgehead atoms. The number of ether oxygens (including phenoxy) is 1. The first-order chi connectivity index (χ1) is 10.1. The van der Waals surface area contributed by atoms with E-state index in [0.717, 1.165) is 31.4 Å². The highest BCUT2D eigenvalue weighted by Gasteiger charge is 2.58. The van der Waals surface area contributed by atoms with E-state index in [1.165, 1.54) is 5.56 Å². The summed E-state index contributed by atoms with van der Waals surface area (Å²) < 4.78 is 6.04. The van der Waals surface area contributed by atoms with Gasteiger partial charge < -0.3 is 19.8 Å². The molecule has 0 unspecified atom stereocenters. The minimum absolute atomic E-state index is 0.185. The van der Waals surface area contributed by atoms with Crippen LogP contribution in [0, 0.1) is 0 Å². The summed E-state index contributed by atoms with van der Waals surface area (Å²) in [5.74, 6) is 0.769. The number of likely N-dealkylation sites (N-methyl/N-ethyl adjacent to an activating group) is 1. The molecule has 112 valence electrons. The molecule has 0 saturated carbocycles. The summed E-state index contributed by atoms with van der Waals surface area (Å²) in [5.41, 5.74) is 2.20. The summed E-state index contributed by atoms with van der Waals surface area (Å²) in [6.07, 6.45) is 3.40. The number of hydrogen-bond acceptors (Lipinski definition) is 4. The Labute approximate surface area is 124 Å². The number of aliphatic hydroxyl groups is 1. The third-order valence-corrected chi connectivity index (χ3v) is 5.65. The van der Waals surface area contributed by atoms with Gasteiger partial charge in [0.2, 0.25) is 0 Å². The number of hydrogen-bond donors (Lipinski definition) is 2. The fourth-order valence-electron chi connectivity index (χ4n) is 4.55. The molecule has 1 aliphatic carbocycles. The lowest BCUT2D eigenvalue weighted by Crippen LogP contribution is -2.57. The number of phenolic OH excluding ortho intramolecular Hbond substituents is 1. The Hall–Kier alpha value is -1.52. The number of rotatable bonds is 2. The molecule has 21 heavy (non-hydrogen) atoms. The molecule has 4 rings (SSSR count). The van der Waals surface area contributed by atoms with Gasteiger partial charge in [0.15, 0.2) is 11.5 Å². The second-order valence-corrected chi connectivity index (χ2v) is 6.66. The number of piperidine rings is 1. The van der Waals surface area contributed by atoms with Gasteiger partial charge in [0, 0.05) is 17.0 Å². The Kier molecular flexibility index (Phi) is 2.66. The first kappa shape index (κ1) is 13.2. The lowest BCUT2D eigenvalue weighted by atomic mass is 9.61. The zero-order valence-corrected chi connectivity index (χ0v) is 12.2. The molecule has 0 radical (unpaired) electrons. The SMILES string of the molecule is C=C[C@H](O)[C@@H]1Oc2c(O)ccc3c2[C@@]12CCN(C)[C@H](C3)C2. The Morgan fingerprint density at radius 3 is 3.10 bits per heavy atom. The van der Waals surface area contributed by atoms with E-state index in [1.807, 2.05) is 6.07 Å². The van der Waals surface area contributed by atoms with Crippen molar-refractivity contribution in [3.8, 4) is 11.5 Å². The zero-order valence-electron chi connectivity index (χ0n) is 12.2. The number of phenols is 1. The molecule has 0 aromatic heterocycles. The van der Waals surface area contributed by atoms with E-state index in [4.69, 9.17) is 4.74 Å². The van der Waals surface area contributed by atoms with Gasteiger partial charge in [0.05, 0.1) is 0 Å². The number of fused-ring (bicyclic) bond motifs is 1. The smallest absolute Gasteiger partial charge is 0.165 e. The molecule has 1 saturated heterocycles. The van der Waals surface area contributed by atoms with E-state index in [9.17, 15) is 10.2 Å². The van der Waals surface area contributed by atoms with Crippen LogP contribution in [0.3, 0.4) is 0 Å². The van der Waals surface area contributed by atoms with E-state index >= 15 is 0 Å². The van der Waals surface area contributed by atoms with Crippen molar-refractivity contribution in [3.63, 3.8) is 0 Å². The lowest BCUT2D eigenvalue weighted by molar-refractivity contribution is -0.0106. The summed E-state index contributed by atoms with van der Waals surface area (Å²) in [5, 5.41) is 20.5. The van der Waals surface area contributed by atoms with Gasteiger partial charge in [-0.05, 0) is 44.5 Å². The lowest BCUT2D eigenvalue weighted by Gasteiger charge is -2.50. The highest BCUT2D eigenvalue weighted by Crippen LogP contribution is 2.58. The Morgan fingerprint density at radius 1 is 1.52 bits per heavy atom. The number of benzene rings is 1. The van der Waals surface area contributed by atoms with Crippen LogP contribution in [-0.4, -0.2) is 47.0 Å². The number of nitrogens with zero attached hydrogens (tertiary/aromatic N) is 1. The fourth-order valence-corrected chi connectivity index (χ4v) is 4.55. The van der Waals surface area contributed by atoms with Crippen LogP contribution in [-0.2, 0) is 11.8 Å². The van der Waals surface area contributed by atoms with E-state index in [1.54, 1.807) is 12.1 Å². The molecule has 2 heterocycles. The summed E-state index contributed by atoms with van der Waals surface area (Å²) in [7, 11) is 2.17. The van der Waals surface area contributed by atoms with Gasteiger partial charge in [-0.3, -0.25) is 0 Å². The maximum Gasteiger partial charge on any atom is 0.165 e. The Balaban J connectivity index is 1.93. The normalized spacial score (nSPS) is 35.0. The van der Waals surface area contributed by atoms with Crippen molar-refractivity contribution in [2.45, 2.75) is 42.9 Å². The van der Waals surface area contributed by atoms with Gasteiger partial charge in [-0.15, -0.1) is 6.58 Å². The first-order valence-corrected chi connectivity index (χ1v) is 7.59. The molecule has 4 atom stereocenters. The van der Waals surface area contributed by atoms with Crippen LogP contribution in [0.25, 0.3) is 0 Å². The first-order valence-electron chi connectivity index (χ1n) is 7.59. The highest BCUT2D eigenvalue weighted by atomic mass is 16.5. The summed E-state index contributed by atoms with van der Waals surface area (Å²) in [6, 6.07) is 4.20. The number of aromatic hydroxyl groups is 1. The minimum Gasteiger partial charge on any atom is -0.504 e. The van der Waals surface area contributed by atoms with Crippen LogP contribution < -0.4 is 4.74 Å². The maximum atomic E-state index is 10.4. The number of likely N-dealkylation sites (tertiary alicyclic amines) is 1. The average Bonchev–Trinajstić information content (AvgIpc) is 2.83. The van der Waals surface area contributed by atoms with Crippen molar-refractivity contribution >= 4 is 0 Å². The largest absolute Gasteiger partial charge is 0.504 e. The van der Waals surface area contributed by atoms with Crippen LogP contribution in [0.1, 0.15) is 24.0 Å². The van der Waals surface area contributed by atoms with Crippen molar-refractivity contribution in [1.29, 1.82) is 0 Å². The molecule has 1 spiro atoms. The van der Waals surface area contributed by atoms with E-state index in [0.29, 0.717) is 11.8 Å². The molecular weight excluding hydrogens is 266 g/mol. The van der Waals surface area contributed by atoms with Crippen LogP contribution in [0.15, 0.2) is 24.8 Å². The molecule has 1 aromatic rings. The summed E-state index contributed by atoms with van der Waals surface area (Å²) >= 11 is 0. The average molecular weight is 287 g/mol. The minimum atomic E-state index is -0.716. The quantitative estimate of drug-likeness (QED) is 0.811. The topological polar surface area (TPSA) is 52.9 Å². The molecule has 2 aliphatic heterocycles. The van der Waals surface area contributed by atoms with Crippen molar-refractivity contribution in [2.24, 2.45) is 0 Å². The van der Waals surface area contributed by atoms with Gasteiger partial charge in [-0.1, -0.05) is 12.1 Å². The second kappa shape index (κ2) is 4.24. The molecule has 2 N–H and O–H groups in total. The zero-order chi connectivity index (χ0) is 14.8. The molecule has 1 fully saturated rings. The Bertz CT molecular complexity index is 614. The number of aliphatic hydroxyl groups excluding tert-OH is 1. The predicted molar refractivity (Wildman–Crippen MR) is 79.8 cm³/mol. The molecular formula is C17H21NO3. The van der Waals surface area contributed by atoms with Gasteiger partial charge in [0.25, 0.3) is 0 Å². The van der Waals surface area contributed by atoms with Gasteiger partial charge in [-0.25, -0.2) is 0 Å². The molecule has 3 aliphatic rings. The van der Waals surface area contributed by atoms with Crippen molar-refractivity contribution < 1.29 is 14.9 Å². The molecule has 0 amide bonds. The Morgan fingerprint density at radius 2 is 2.33 bits per heavy atom. The molecule has 4 heteroatoms. The van der Waals surface area contributed by atoms with Crippen molar-refractivity contribution in [1.82, 2.24) is 4.90 Å². The summed E-state index contributed by atoms with van der Waals surface area (Å²) in [6.45, 7) is 4.70. The van der Waals surface area contributed by atoms with Crippen molar-refractivity contribution in [2.75, 3.05) is 13.6 Å². The maximum absolute atomic E-state index is 10.4. The van der Waals surface area contributed by atoms with Crippen LogP contribution in [0.2, 0.25) is 0 Å². The van der Waals surface area contributed by atoms with Gasteiger partial charge in [-0.2, -0.15) is 0 Å².